The molecule has 6 heteroatoms. The molecule has 2 rings (SSSR count). The topological polar surface area (TPSA) is 64.3 Å². The highest BCUT2D eigenvalue weighted by atomic mass is 35.5. The molecule has 2 atom stereocenters. The molecule has 0 saturated carbocycles. The van der Waals surface area contributed by atoms with Crippen molar-refractivity contribution in [1.82, 2.24) is 5.32 Å². The van der Waals surface area contributed by atoms with E-state index in [1.54, 1.807) is 6.08 Å². The number of rotatable bonds is 8. The number of halogens is 1. The fourth-order valence-electron chi connectivity index (χ4n) is 3.62. The molecule has 0 aliphatic carbocycles. The highest BCUT2D eigenvalue weighted by Gasteiger charge is 2.35. The Morgan fingerprint density at radius 2 is 2.12 bits per heavy atom. The zero-order valence-corrected chi connectivity index (χ0v) is 17.6. The Morgan fingerprint density at radius 1 is 1.46 bits per heavy atom. The molecule has 1 aliphatic heterocycles. The quantitative estimate of drug-likeness (QED) is 0.648. The van der Waals surface area contributed by atoms with E-state index in [4.69, 9.17) is 21.5 Å². The van der Waals surface area contributed by atoms with Crippen LogP contribution < -0.4 is 15.2 Å². The van der Waals surface area contributed by atoms with Gasteiger partial charge in [-0.1, -0.05) is 24.3 Å². The maximum atomic E-state index is 12.1. The fourth-order valence-corrected chi connectivity index (χ4v) is 4.14. The van der Waals surface area contributed by atoms with Crippen LogP contribution in [0.4, 0.5) is 0 Å². The van der Waals surface area contributed by atoms with Crippen LogP contribution in [-0.4, -0.2) is 28.7 Å². The molecule has 1 aliphatic rings. The molecule has 0 amide bonds. The lowest BCUT2D eigenvalue weighted by Gasteiger charge is -2.36. The zero-order chi connectivity index (χ0) is 19.3. The van der Waals surface area contributed by atoms with E-state index in [-0.39, 0.29) is 5.92 Å². The second-order valence-electron chi connectivity index (χ2n) is 7.69. The van der Waals surface area contributed by atoms with Crippen molar-refractivity contribution in [1.29, 1.82) is 0 Å². The molecule has 1 saturated heterocycles. The SMILES string of the molecule is C=CCOc1cc(C)c(Cl)cc1[C@H](CC(C)(C)S(N)=O)C1CCNCC1. The van der Waals surface area contributed by atoms with E-state index < -0.39 is 15.7 Å². The Bertz CT molecular complexity index is 657. The van der Waals surface area contributed by atoms with E-state index in [1.807, 2.05) is 32.9 Å². The average molecular weight is 399 g/mol. The summed E-state index contributed by atoms with van der Waals surface area (Å²) in [6, 6.07) is 4.03. The largest absolute Gasteiger partial charge is 0.489 e. The van der Waals surface area contributed by atoms with E-state index in [0.29, 0.717) is 12.5 Å². The molecule has 1 aromatic rings. The molecule has 0 radical (unpaired) electrons. The summed E-state index contributed by atoms with van der Waals surface area (Å²) in [7, 11) is -1.40. The first-order chi connectivity index (χ1) is 12.3. The molecule has 1 fully saturated rings. The van der Waals surface area contributed by atoms with Gasteiger partial charge in [0.2, 0.25) is 0 Å². The number of hydrogen-bond donors (Lipinski definition) is 2. The van der Waals surface area contributed by atoms with Crippen LogP contribution >= 0.6 is 11.6 Å². The summed E-state index contributed by atoms with van der Waals surface area (Å²) < 4.78 is 17.6. The monoisotopic (exact) mass is 398 g/mol. The Labute approximate surface area is 165 Å². The van der Waals surface area contributed by atoms with Crippen molar-refractivity contribution in [3.63, 3.8) is 0 Å². The van der Waals surface area contributed by atoms with Gasteiger partial charge in [-0.25, -0.2) is 4.21 Å². The van der Waals surface area contributed by atoms with Crippen molar-refractivity contribution in [3.05, 3.63) is 40.9 Å². The third kappa shape index (κ3) is 5.32. The van der Waals surface area contributed by atoms with Crippen molar-refractivity contribution < 1.29 is 8.95 Å². The zero-order valence-electron chi connectivity index (χ0n) is 16.0. The van der Waals surface area contributed by atoms with Crippen LogP contribution in [0, 0.1) is 12.8 Å². The predicted molar refractivity (Wildman–Crippen MR) is 111 cm³/mol. The van der Waals surface area contributed by atoms with Gasteiger partial charge in [0.25, 0.3) is 0 Å². The van der Waals surface area contributed by atoms with Crippen molar-refractivity contribution >= 4 is 22.6 Å². The van der Waals surface area contributed by atoms with Crippen LogP contribution in [0.5, 0.6) is 5.75 Å². The number of piperidine rings is 1. The Balaban J connectivity index is 2.47. The molecule has 0 spiro atoms. The average Bonchev–Trinajstić information content (AvgIpc) is 2.61. The summed E-state index contributed by atoms with van der Waals surface area (Å²) in [5.74, 6) is 1.51. The lowest BCUT2D eigenvalue weighted by Crippen LogP contribution is -2.38. The molecule has 26 heavy (non-hydrogen) atoms. The summed E-state index contributed by atoms with van der Waals surface area (Å²) in [5.41, 5.74) is 2.08. The molecule has 0 bridgehead atoms. The molecule has 1 aromatic carbocycles. The van der Waals surface area contributed by atoms with Crippen molar-refractivity contribution in [2.24, 2.45) is 11.1 Å². The Morgan fingerprint density at radius 3 is 2.69 bits per heavy atom. The maximum Gasteiger partial charge on any atom is 0.123 e. The van der Waals surface area contributed by atoms with Gasteiger partial charge in [0.1, 0.15) is 12.4 Å². The number of nitrogens with two attached hydrogens (primary N) is 1. The smallest absolute Gasteiger partial charge is 0.123 e. The van der Waals surface area contributed by atoms with Gasteiger partial charge in [-0.05, 0) is 88.2 Å². The van der Waals surface area contributed by atoms with E-state index >= 15 is 0 Å². The Hall–Kier alpha value is -0.880. The highest BCUT2D eigenvalue weighted by molar-refractivity contribution is 7.84. The van der Waals surface area contributed by atoms with E-state index in [9.17, 15) is 4.21 Å². The summed E-state index contributed by atoms with van der Waals surface area (Å²) in [5, 5.41) is 9.94. The van der Waals surface area contributed by atoms with Crippen molar-refractivity contribution in [3.8, 4) is 5.75 Å². The van der Waals surface area contributed by atoms with Crippen LogP contribution in [0.25, 0.3) is 0 Å². The molecule has 3 N–H and O–H groups in total. The van der Waals surface area contributed by atoms with Crippen LogP contribution in [0.3, 0.4) is 0 Å². The van der Waals surface area contributed by atoms with Crippen molar-refractivity contribution in [2.75, 3.05) is 19.7 Å². The number of nitrogens with one attached hydrogen (secondary N) is 1. The number of ether oxygens (including phenoxy) is 1. The highest BCUT2D eigenvalue weighted by Crippen LogP contribution is 2.43. The first-order valence-corrected chi connectivity index (χ1v) is 10.8. The minimum atomic E-state index is -1.40. The number of hydrogen-bond acceptors (Lipinski definition) is 3. The van der Waals surface area contributed by atoms with Crippen LogP contribution in [-0.2, 0) is 11.0 Å². The van der Waals surface area contributed by atoms with Crippen LogP contribution in [0.2, 0.25) is 5.02 Å². The molecule has 4 nitrogen and oxygen atoms in total. The van der Waals surface area contributed by atoms with E-state index in [0.717, 1.165) is 54.3 Å². The Kier molecular flexibility index (Phi) is 7.71. The number of aryl methyl sites for hydroxylation is 1. The minimum absolute atomic E-state index is 0.192. The van der Waals surface area contributed by atoms with Crippen LogP contribution in [0.15, 0.2) is 24.8 Å². The minimum Gasteiger partial charge on any atom is -0.489 e. The van der Waals surface area contributed by atoms with Gasteiger partial charge < -0.3 is 10.1 Å². The first-order valence-electron chi connectivity index (χ1n) is 9.17. The van der Waals surface area contributed by atoms with Gasteiger partial charge in [-0.3, -0.25) is 5.14 Å². The summed E-state index contributed by atoms with van der Waals surface area (Å²) in [6.07, 6.45) is 4.62. The second-order valence-corrected chi connectivity index (χ2v) is 9.80. The third-order valence-corrected chi connectivity index (χ3v) is 6.92. The number of benzene rings is 1. The molecule has 146 valence electrons. The van der Waals surface area contributed by atoms with Gasteiger partial charge in [0, 0.05) is 5.02 Å². The molecule has 0 aromatic heterocycles. The van der Waals surface area contributed by atoms with Gasteiger partial charge in [0.15, 0.2) is 0 Å². The predicted octanol–water partition coefficient (Wildman–Crippen LogP) is 4.09. The lowest BCUT2D eigenvalue weighted by molar-refractivity contribution is 0.282. The standard InChI is InChI=1S/C20H31ClN2O2S/c1-5-10-25-19-11-14(2)18(21)12-16(19)17(13-20(3,4)26(22)24)15-6-8-23-9-7-15/h5,11-12,15,17,23H,1,6-10,13,22H2,2-4H3/t17-,26?/m1/s1. The van der Waals surface area contributed by atoms with Gasteiger partial charge in [0.05, 0.1) is 15.7 Å². The van der Waals surface area contributed by atoms with Gasteiger partial charge >= 0.3 is 0 Å². The lowest BCUT2D eigenvalue weighted by atomic mass is 9.75. The van der Waals surface area contributed by atoms with E-state index in [2.05, 4.69) is 11.9 Å². The van der Waals surface area contributed by atoms with Gasteiger partial charge in [-0.15, -0.1) is 0 Å². The summed E-state index contributed by atoms with van der Waals surface area (Å²) >= 11 is 6.46. The van der Waals surface area contributed by atoms with Crippen molar-refractivity contribution in [2.45, 2.75) is 50.7 Å². The second kappa shape index (κ2) is 9.36. The van der Waals surface area contributed by atoms with E-state index in [1.165, 1.54) is 0 Å². The molecular formula is C20H31ClN2O2S. The molecular weight excluding hydrogens is 368 g/mol. The first kappa shape index (κ1) is 21.4. The molecule has 1 unspecified atom stereocenters. The summed E-state index contributed by atoms with van der Waals surface area (Å²) in [6.45, 7) is 12.1. The third-order valence-electron chi connectivity index (χ3n) is 5.26. The van der Waals surface area contributed by atoms with Gasteiger partial charge in [-0.2, -0.15) is 0 Å². The van der Waals surface area contributed by atoms with Crippen LogP contribution in [0.1, 0.15) is 50.2 Å². The summed E-state index contributed by atoms with van der Waals surface area (Å²) in [4.78, 5) is 0. The molecule has 1 heterocycles. The fraction of sp³-hybridized carbons (Fsp3) is 0.600. The normalized spacial score (nSPS) is 18.3. The maximum absolute atomic E-state index is 12.1.